The number of benzene rings is 1. The van der Waals surface area contributed by atoms with Crippen molar-refractivity contribution in [3.63, 3.8) is 0 Å². The molecule has 0 fully saturated rings. The van der Waals surface area contributed by atoms with E-state index < -0.39 is 11.5 Å². The summed E-state index contributed by atoms with van der Waals surface area (Å²) < 4.78 is 1.39. The molecular formula is C15H15NO3. The minimum Gasteiger partial charge on any atom is -0.477 e. The highest BCUT2D eigenvalue weighted by atomic mass is 16.4. The molecule has 0 saturated heterocycles. The average Bonchev–Trinajstić information content (AvgIpc) is 2.32. The van der Waals surface area contributed by atoms with Gasteiger partial charge in [0.25, 0.3) is 5.56 Å². The maximum atomic E-state index is 12.3. The van der Waals surface area contributed by atoms with Crippen LogP contribution >= 0.6 is 0 Å². The average molecular weight is 257 g/mol. The van der Waals surface area contributed by atoms with Gasteiger partial charge < -0.3 is 5.11 Å². The summed E-state index contributed by atoms with van der Waals surface area (Å²) >= 11 is 0. The fourth-order valence-electron chi connectivity index (χ4n) is 2.06. The van der Waals surface area contributed by atoms with E-state index in [1.165, 1.54) is 4.57 Å². The van der Waals surface area contributed by atoms with Crippen LogP contribution in [0.2, 0.25) is 0 Å². The number of rotatable bonds is 2. The molecule has 2 aromatic rings. The van der Waals surface area contributed by atoms with Crippen molar-refractivity contribution in [2.24, 2.45) is 0 Å². The molecule has 0 saturated carbocycles. The predicted molar refractivity (Wildman–Crippen MR) is 73.2 cm³/mol. The smallest absolute Gasteiger partial charge is 0.341 e. The van der Waals surface area contributed by atoms with Crippen molar-refractivity contribution < 1.29 is 9.90 Å². The van der Waals surface area contributed by atoms with Crippen LogP contribution < -0.4 is 5.56 Å². The Labute approximate surface area is 110 Å². The third-order valence-electron chi connectivity index (χ3n) is 3.14. The van der Waals surface area contributed by atoms with E-state index in [0.717, 1.165) is 11.1 Å². The third kappa shape index (κ3) is 2.29. The van der Waals surface area contributed by atoms with Crippen LogP contribution in [0.5, 0.6) is 0 Å². The van der Waals surface area contributed by atoms with E-state index >= 15 is 0 Å². The van der Waals surface area contributed by atoms with Gasteiger partial charge in [-0.1, -0.05) is 12.1 Å². The van der Waals surface area contributed by atoms with Crippen molar-refractivity contribution >= 4 is 5.97 Å². The Morgan fingerprint density at radius 3 is 2.42 bits per heavy atom. The summed E-state index contributed by atoms with van der Waals surface area (Å²) in [6.07, 6.45) is 1.62. The topological polar surface area (TPSA) is 59.3 Å². The van der Waals surface area contributed by atoms with Crippen LogP contribution in [0.4, 0.5) is 0 Å². The normalized spacial score (nSPS) is 10.5. The number of hydrogen-bond donors (Lipinski definition) is 1. The van der Waals surface area contributed by atoms with Crippen LogP contribution in [0, 0.1) is 20.8 Å². The maximum absolute atomic E-state index is 12.3. The predicted octanol–water partition coefficient (Wildman–Crippen LogP) is 2.46. The van der Waals surface area contributed by atoms with Crippen LogP contribution in [0.1, 0.15) is 27.0 Å². The largest absolute Gasteiger partial charge is 0.477 e. The van der Waals surface area contributed by atoms with Crippen molar-refractivity contribution in [1.82, 2.24) is 4.57 Å². The molecule has 98 valence electrons. The van der Waals surface area contributed by atoms with Crippen molar-refractivity contribution in [3.8, 4) is 5.69 Å². The summed E-state index contributed by atoms with van der Waals surface area (Å²) in [7, 11) is 0. The van der Waals surface area contributed by atoms with E-state index in [0.29, 0.717) is 11.3 Å². The number of nitrogens with zero attached hydrogens (tertiary/aromatic N) is 1. The Morgan fingerprint density at radius 1 is 1.11 bits per heavy atom. The van der Waals surface area contributed by atoms with Crippen molar-refractivity contribution in [2.75, 3.05) is 0 Å². The highest BCUT2D eigenvalue weighted by molar-refractivity contribution is 5.88. The molecular weight excluding hydrogens is 242 g/mol. The van der Waals surface area contributed by atoms with Gasteiger partial charge in [0, 0.05) is 6.20 Å². The fraction of sp³-hybridized carbons (Fsp3) is 0.200. The number of pyridine rings is 1. The van der Waals surface area contributed by atoms with Gasteiger partial charge in [0.15, 0.2) is 0 Å². The van der Waals surface area contributed by atoms with Crippen molar-refractivity contribution in [3.05, 3.63) is 63.1 Å². The third-order valence-corrected chi connectivity index (χ3v) is 3.14. The van der Waals surface area contributed by atoms with Gasteiger partial charge in [0.05, 0.1) is 5.69 Å². The molecule has 0 aliphatic heterocycles. The number of hydrogen-bond acceptors (Lipinski definition) is 2. The van der Waals surface area contributed by atoms with Gasteiger partial charge in [-0.25, -0.2) is 4.79 Å². The zero-order valence-electron chi connectivity index (χ0n) is 11.1. The number of aryl methyl sites for hydroxylation is 3. The lowest BCUT2D eigenvalue weighted by Crippen LogP contribution is -2.26. The first-order valence-electron chi connectivity index (χ1n) is 5.95. The molecule has 1 N–H and O–H groups in total. The Balaban J connectivity index is 2.78. The van der Waals surface area contributed by atoms with Gasteiger partial charge in [-0.3, -0.25) is 9.36 Å². The molecule has 0 aliphatic carbocycles. The second-order valence-corrected chi connectivity index (χ2v) is 4.64. The summed E-state index contributed by atoms with van der Waals surface area (Å²) in [6.45, 7) is 5.44. The molecule has 0 amide bonds. The zero-order valence-corrected chi connectivity index (χ0v) is 11.1. The lowest BCUT2D eigenvalue weighted by Gasteiger charge is -2.12. The highest BCUT2D eigenvalue weighted by Crippen LogP contribution is 2.15. The number of carboxylic acid groups (broad SMARTS) is 1. The number of aromatic carboxylic acids is 1. The van der Waals surface area contributed by atoms with E-state index in [-0.39, 0.29) is 5.56 Å². The molecule has 2 rings (SSSR count). The Hall–Kier alpha value is -2.36. The molecule has 4 nitrogen and oxygen atoms in total. The molecule has 0 aliphatic rings. The monoisotopic (exact) mass is 257 g/mol. The molecule has 0 spiro atoms. The van der Waals surface area contributed by atoms with Gasteiger partial charge in [-0.15, -0.1) is 0 Å². The Bertz CT molecular complexity index is 714. The first-order chi connectivity index (χ1) is 8.91. The number of aromatic nitrogens is 1. The van der Waals surface area contributed by atoms with Gasteiger partial charge in [-0.2, -0.15) is 0 Å². The number of carboxylic acids is 1. The summed E-state index contributed by atoms with van der Waals surface area (Å²) in [5.74, 6) is -1.19. The van der Waals surface area contributed by atoms with Gasteiger partial charge in [-0.05, 0) is 49.6 Å². The molecule has 1 heterocycles. The summed E-state index contributed by atoms with van der Waals surface area (Å²) in [5, 5.41) is 9.13. The molecule has 0 bridgehead atoms. The molecule has 4 heteroatoms. The Kier molecular flexibility index (Phi) is 3.25. The van der Waals surface area contributed by atoms with Gasteiger partial charge >= 0.3 is 5.97 Å². The van der Waals surface area contributed by atoms with Crippen LogP contribution in [0.25, 0.3) is 5.69 Å². The molecule has 19 heavy (non-hydrogen) atoms. The zero-order chi connectivity index (χ0) is 14.2. The number of carbonyl (C=O) groups is 1. The lowest BCUT2D eigenvalue weighted by atomic mass is 10.1. The van der Waals surface area contributed by atoms with Crippen LogP contribution in [0.15, 0.2) is 35.3 Å². The summed E-state index contributed by atoms with van der Waals surface area (Å²) in [5.41, 5.74) is 2.45. The van der Waals surface area contributed by atoms with Gasteiger partial charge in [0.1, 0.15) is 5.56 Å². The van der Waals surface area contributed by atoms with Crippen LogP contribution in [0.3, 0.4) is 0 Å². The molecule has 1 aromatic carbocycles. The quantitative estimate of drug-likeness (QED) is 0.899. The first kappa shape index (κ1) is 13.1. The first-order valence-corrected chi connectivity index (χ1v) is 5.95. The van der Waals surface area contributed by atoms with Crippen molar-refractivity contribution in [2.45, 2.75) is 20.8 Å². The van der Waals surface area contributed by atoms with Crippen LogP contribution in [-0.2, 0) is 0 Å². The van der Waals surface area contributed by atoms with E-state index in [2.05, 4.69) is 0 Å². The molecule has 0 radical (unpaired) electrons. The van der Waals surface area contributed by atoms with E-state index in [1.54, 1.807) is 19.2 Å². The van der Waals surface area contributed by atoms with Crippen LogP contribution in [-0.4, -0.2) is 15.6 Å². The molecule has 0 atom stereocenters. The van der Waals surface area contributed by atoms with E-state index in [4.69, 9.17) is 5.11 Å². The van der Waals surface area contributed by atoms with E-state index in [1.807, 2.05) is 32.0 Å². The van der Waals surface area contributed by atoms with Gasteiger partial charge in [0.2, 0.25) is 0 Å². The fourth-order valence-corrected chi connectivity index (χ4v) is 2.06. The van der Waals surface area contributed by atoms with E-state index in [9.17, 15) is 9.59 Å². The Morgan fingerprint density at radius 2 is 1.79 bits per heavy atom. The van der Waals surface area contributed by atoms with Crippen molar-refractivity contribution in [1.29, 1.82) is 0 Å². The highest BCUT2D eigenvalue weighted by Gasteiger charge is 2.15. The molecule has 0 unspecified atom stereocenters. The molecule has 1 aromatic heterocycles. The maximum Gasteiger partial charge on any atom is 0.341 e. The summed E-state index contributed by atoms with van der Waals surface area (Å²) in [4.78, 5) is 23.4. The SMILES string of the molecule is Cc1ccc(C)c(-n2ccc(C)c(C(=O)O)c2=O)c1. The second kappa shape index (κ2) is 4.72. The summed E-state index contributed by atoms with van der Waals surface area (Å²) in [6, 6.07) is 7.39. The lowest BCUT2D eigenvalue weighted by molar-refractivity contribution is 0.0694. The minimum absolute atomic E-state index is 0.177. The standard InChI is InChI=1S/C15H15NO3/c1-9-4-5-10(2)12(8-9)16-7-6-11(3)13(14(16)17)15(18)19/h4-8H,1-3H3,(H,18,19). The minimum atomic E-state index is -1.19. The second-order valence-electron chi connectivity index (χ2n) is 4.64.